The van der Waals surface area contributed by atoms with E-state index in [2.05, 4.69) is 37.4 Å². The third kappa shape index (κ3) is 3.53. The van der Waals surface area contributed by atoms with Crippen LogP contribution in [-0.2, 0) is 23.2 Å². The van der Waals surface area contributed by atoms with Crippen LogP contribution in [0.4, 0.5) is 0 Å². The number of imide groups is 1. The zero-order chi connectivity index (χ0) is 23.3. The second-order valence-electron chi connectivity index (χ2n) is 9.07. The summed E-state index contributed by atoms with van der Waals surface area (Å²) < 4.78 is 2.03. The zero-order valence-corrected chi connectivity index (χ0v) is 19.0. The third-order valence-electron chi connectivity index (χ3n) is 6.57. The zero-order valence-electron chi connectivity index (χ0n) is 19.0. The number of aryl methyl sites for hydroxylation is 1. The maximum Gasteiger partial charge on any atom is 0.255 e. The fourth-order valence-electron chi connectivity index (χ4n) is 4.90. The Balaban J connectivity index is 1.52. The number of rotatable bonds is 4. The van der Waals surface area contributed by atoms with E-state index in [9.17, 15) is 14.4 Å². The highest BCUT2D eigenvalue weighted by molar-refractivity contribution is 6.05. The van der Waals surface area contributed by atoms with Gasteiger partial charge in [-0.05, 0) is 35.6 Å². The molecule has 1 saturated heterocycles. The molecule has 33 heavy (non-hydrogen) atoms. The molecule has 1 atom stereocenters. The largest absolute Gasteiger partial charge is 0.333 e. The van der Waals surface area contributed by atoms with Crippen LogP contribution < -0.4 is 5.32 Å². The van der Waals surface area contributed by atoms with Gasteiger partial charge in [0.25, 0.3) is 5.91 Å². The van der Waals surface area contributed by atoms with Gasteiger partial charge in [0.05, 0.1) is 17.7 Å². The minimum Gasteiger partial charge on any atom is -0.333 e. The molecule has 1 unspecified atom stereocenters. The molecule has 1 N–H and O–H groups in total. The van der Waals surface area contributed by atoms with Crippen LogP contribution in [0, 0.1) is 0 Å². The average molecular weight is 443 g/mol. The van der Waals surface area contributed by atoms with Gasteiger partial charge in [0, 0.05) is 36.7 Å². The first-order valence-corrected chi connectivity index (χ1v) is 11.2. The fourth-order valence-corrected chi connectivity index (χ4v) is 4.90. The summed E-state index contributed by atoms with van der Waals surface area (Å²) in [5.74, 6) is -0.488. The molecule has 2 aliphatic heterocycles. The van der Waals surface area contributed by atoms with E-state index in [1.807, 2.05) is 42.2 Å². The van der Waals surface area contributed by atoms with Crippen LogP contribution >= 0.6 is 0 Å². The van der Waals surface area contributed by atoms with Gasteiger partial charge in [-0.1, -0.05) is 44.2 Å². The Morgan fingerprint density at radius 3 is 2.61 bits per heavy atom. The topological polar surface area (TPSA) is 84.3 Å². The lowest BCUT2D eigenvalue weighted by molar-refractivity contribution is -0.136. The maximum atomic E-state index is 13.0. The lowest BCUT2D eigenvalue weighted by atomic mass is 9.93. The van der Waals surface area contributed by atoms with Gasteiger partial charge in [-0.15, -0.1) is 0 Å². The van der Waals surface area contributed by atoms with Crippen molar-refractivity contribution in [2.75, 3.05) is 0 Å². The summed E-state index contributed by atoms with van der Waals surface area (Å²) in [5.41, 5.74) is 6.69. The second kappa shape index (κ2) is 7.99. The van der Waals surface area contributed by atoms with Crippen LogP contribution in [-0.4, -0.2) is 38.2 Å². The van der Waals surface area contributed by atoms with Crippen molar-refractivity contribution in [2.45, 2.75) is 45.2 Å². The standard InChI is InChI=1S/C26H26N4O3/c1-15(2)18-6-4-5-7-20(18)24-23(27-14-29(24)3)16-8-9-19-17(12-16)13-30(26(19)33)21-10-11-22(31)28-25(21)32/h4-9,12,14-15,21H,10-11,13H2,1-3H3,(H,28,31,32). The molecule has 0 saturated carbocycles. The van der Waals surface area contributed by atoms with Gasteiger partial charge in [0.2, 0.25) is 11.8 Å². The minimum absolute atomic E-state index is 0.169. The summed E-state index contributed by atoms with van der Waals surface area (Å²) in [7, 11) is 1.99. The van der Waals surface area contributed by atoms with Crippen molar-refractivity contribution in [3.63, 3.8) is 0 Å². The Bertz CT molecular complexity index is 1290. The summed E-state index contributed by atoms with van der Waals surface area (Å²) in [6.45, 7) is 4.71. The molecule has 3 aromatic rings. The molecule has 7 heteroatoms. The quantitative estimate of drug-likeness (QED) is 0.626. The highest BCUT2D eigenvalue weighted by Gasteiger charge is 2.39. The van der Waals surface area contributed by atoms with Crippen LogP contribution in [0.3, 0.4) is 0 Å². The van der Waals surface area contributed by atoms with E-state index < -0.39 is 11.9 Å². The number of benzene rings is 2. The Hall–Kier alpha value is -3.74. The van der Waals surface area contributed by atoms with Gasteiger partial charge in [0.15, 0.2) is 0 Å². The van der Waals surface area contributed by atoms with E-state index in [0.29, 0.717) is 24.4 Å². The third-order valence-corrected chi connectivity index (χ3v) is 6.57. The number of amides is 3. The van der Waals surface area contributed by atoms with Crippen LogP contribution in [0.25, 0.3) is 22.5 Å². The average Bonchev–Trinajstić information content (AvgIpc) is 3.33. The molecule has 7 nitrogen and oxygen atoms in total. The Kier molecular flexibility index (Phi) is 5.12. The summed E-state index contributed by atoms with van der Waals surface area (Å²) >= 11 is 0. The summed E-state index contributed by atoms with van der Waals surface area (Å²) in [6.07, 6.45) is 2.41. The number of hydrogen-bond donors (Lipinski definition) is 1. The molecule has 1 fully saturated rings. The van der Waals surface area contributed by atoms with Crippen molar-refractivity contribution in [1.82, 2.24) is 19.8 Å². The van der Waals surface area contributed by atoms with Gasteiger partial charge in [-0.2, -0.15) is 0 Å². The monoisotopic (exact) mass is 442 g/mol. The van der Waals surface area contributed by atoms with Gasteiger partial charge in [0.1, 0.15) is 6.04 Å². The predicted molar refractivity (Wildman–Crippen MR) is 124 cm³/mol. The SMILES string of the molecule is CC(C)c1ccccc1-c1c(-c2ccc3c(c2)CN(C2CCC(=O)NC2=O)C3=O)ncn1C. The highest BCUT2D eigenvalue weighted by Crippen LogP contribution is 2.37. The summed E-state index contributed by atoms with van der Waals surface area (Å²) in [5, 5.41) is 2.35. The van der Waals surface area contributed by atoms with Crippen molar-refractivity contribution < 1.29 is 14.4 Å². The van der Waals surface area contributed by atoms with E-state index >= 15 is 0 Å². The predicted octanol–water partition coefficient (Wildman–Crippen LogP) is 3.64. The Labute approximate surface area is 192 Å². The van der Waals surface area contributed by atoms with Crippen molar-refractivity contribution in [2.24, 2.45) is 7.05 Å². The number of imidazole rings is 1. The van der Waals surface area contributed by atoms with Crippen molar-refractivity contribution >= 4 is 17.7 Å². The molecule has 3 amide bonds. The first kappa shape index (κ1) is 21.1. The number of hydrogen-bond acceptors (Lipinski definition) is 4. The van der Waals surface area contributed by atoms with Crippen molar-refractivity contribution in [1.29, 1.82) is 0 Å². The Morgan fingerprint density at radius 1 is 1.06 bits per heavy atom. The molecule has 0 bridgehead atoms. The van der Waals surface area contributed by atoms with Gasteiger partial charge >= 0.3 is 0 Å². The molecule has 1 aromatic heterocycles. The first-order valence-electron chi connectivity index (χ1n) is 11.2. The summed E-state index contributed by atoms with van der Waals surface area (Å²) in [4.78, 5) is 43.1. The molecular weight excluding hydrogens is 416 g/mol. The fraction of sp³-hybridized carbons (Fsp3) is 0.308. The molecular formula is C26H26N4O3. The number of nitrogens with zero attached hydrogens (tertiary/aromatic N) is 3. The van der Waals surface area contributed by atoms with Gasteiger partial charge < -0.3 is 9.47 Å². The van der Waals surface area contributed by atoms with Crippen LogP contribution in [0.15, 0.2) is 48.8 Å². The Morgan fingerprint density at radius 2 is 1.85 bits per heavy atom. The molecule has 0 spiro atoms. The molecule has 0 aliphatic carbocycles. The molecule has 0 radical (unpaired) electrons. The lowest BCUT2D eigenvalue weighted by Crippen LogP contribution is -2.52. The summed E-state index contributed by atoms with van der Waals surface area (Å²) in [6, 6.07) is 13.5. The van der Waals surface area contributed by atoms with Crippen molar-refractivity contribution in [3.05, 3.63) is 65.5 Å². The maximum absolute atomic E-state index is 13.0. The van der Waals surface area contributed by atoms with Crippen LogP contribution in [0.2, 0.25) is 0 Å². The highest BCUT2D eigenvalue weighted by atomic mass is 16.2. The van der Waals surface area contributed by atoms with E-state index in [1.165, 1.54) is 5.56 Å². The van der Waals surface area contributed by atoms with Crippen LogP contribution in [0.5, 0.6) is 0 Å². The van der Waals surface area contributed by atoms with E-state index in [4.69, 9.17) is 4.98 Å². The van der Waals surface area contributed by atoms with Crippen LogP contribution in [0.1, 0.15) is 54.1 Å². The number of nitrogens with one attached hydrogen (secondary N) is 1. The molecule has 5 rings (SSSR count). The van der Waals surface area contributed by atoms with E-state index in [1.54, 1.807) is 4.90 Å². The van der Waals surface area contributed by atoms with Gasteiger partial charge in [-0.25, -0.2) is 4.98 Å². The van der Waals surface area contributed by atoms with E-state index in [-0.39, 0.29) is 18.2 Å². The number of carbonyl (C=O) groups is 3. The van der Waals surface area contributed by atoms with E-state index in [0.717, 1.165) is 28.1 Å². The van der Waals surface area contributed by atoms with Gasteiger partial charge in [-0.3, -0.25) is 19.7 Å². The van der Waals surface area contributed by atoms with Crippen molar-refractivity contribution in [3.8, 4) is 22.5 Å². The minimum atomic E-state index is -0.616. The number of piperidine rings is 1. The smallest absolute Gasteiger partial charge is 0.255 e. The first-order chi connectivity index (χ1) is 15.8. The molecule has 2 aliphatic rings. The second-order valence-corrected chi connectivity index (χ2v) is 9.07. The number of fused-ring (bicyclic) bond motifs is 1. The molecule has 2 aromatic carbocycles. The molecule has 168 valence electrons. The lowest BCUT2D eigenvalue weighted by Gasteiger charge is -2.29. The number of carbonyl (C=O) groups excluding carboxylic acids is 3. The normalized spacial score (nSPS) is 18.1. The number of aromatic nitrogens is 2. The molecule has 3 heterocycles.